The topological polar surface area (TPSA) is 90.9 Å². The van der Waals surface area contributed by atoms with Crippen molar-refractivity contribution in [3.05, 3.63) is 24.3 Å². The Morgan fingerprint density at radius 3 is 2.41 bits per heavy atom. The van der Waals surface area contributed by atoms with E-state index in [2.05, 4.69) is 14.9 Å². The molecule has 1 aliphatic heterocycles. The third-order valence-corrected chi connectivity index (χ3v) is 7.42. The van der Waals surface area contributed by atoms with E-state index in [0.29, 0.717) is 12.3 Å². The molecule has 0 aromatic heterocycles. The molecule has 1 atom stereocenters. The minimum atomic E-state index is -3.52. The summed E-state index contributed by atoms with van der Waals surface area (Å²) in [6.07, 6.45) is 4.48. The number of benzene rings is 1. The van der Waals surface area contributed by atoms with Crippen LogP contribution in [-0.4, -0.2) is 68.9 Å². The molecule has 1 heterocycles. The maximum absolute atomic E-state index is 12.6. The Kier molecular flexibility index (Phi) is 7.56. The fourth-order valence-electron chi connectivity index (χ4n) is 3.92. The number of rotatable bonds is 8. The smallest absolute Gasteiger partial charge is 0.240 e. The van der Waals surface area contributed by atoms with Crippen LogP contribution in [0.5, 0.6) is 5.75 Å². The molecular weight excluding hydrogens is 390 g/mol. The van der Waals surface area contributed by atoms with Gasteiger partial charge in [0.1, 0.15) is 17.5 Å². The first-order valence-corrected chi connectivity index (χ1v) is 12.2. The van der Waals surface area contributed by atoms with Crippen molar-refractivity contribution < 1.29 is 18.3 Å². The van der Waals surface area contributed by atoms with E-state index in [0.717, 1.165) is 51.9 Å². The molecule has 2 fully saturated rings. The van der Waals surface area contributed by atoms with Gasteiger partial charge in [0.05, 0.1) is 4.90 Å². The van der Waals surface area contributed by atoms with Crippen molar-refractivity contribution in [1.82, 2.24) is 14.9 Å². The van der Waals surface area contributed by atoms with Crippen LogP contribution >= 0.6 is 0 Å². The molecule has 0 amide bonds. The highest BCUT2D eigenvalue weighted by molar-refractivity contribution is 7.89. The molecule has 1 unspecified atom stereocenters. The number of sulfonamides is 1. The lowest BCUT2D eigenvalue weighted by Gasteiger charge is -2.36. The van der Waals surface area contributed by atoms with Gasteiger partial charge >= 0.3 is 0 Å². The van der Waals surface area contributed by atoms with E-state index in [1.165, 1.54) is 6.42 Å². The largest absolute Gasteiger partial charge is 0.485 e. The summed E-state index contributed by atoms with van der Waals surface area (Å²) < 4.78 is 34.1. The first-order chi connectivity index (χ1) is 13.8. The van der Waals surface area contributed by atoms with Gasteiger partial charge in [-0.05, 0) is 51.0 Å². The summed E-state index contributed by atoms with van der Waals surface area (Å²) in [5, 5.41) is 14.0. The molecule has 164 valence electrons. The van der Waals surface area contributed by atoms with Crippen molar-refractivity contribution in [2.24, 2.45) is 0 Å². The van der Waals surface area contributed by atoms with Crippen molar-refractivity contribution >= 4 is 10.0 Å². The summed E-state index contributed by atoms with van der Waals surface area (Å²) in [4.78, 5) is 2.47. The molecule has 0 bridgehead atoms. The second kappa shape index (κ2) is 9.75. The van der Waals surface area contributed by atoms with Gasteiger partial charge in [0, 0.05) is 38.8 Å². The number of hydrogen-bond donors (Lipinski definition) is 3. The quantitative estimate of drug-likeness (QED) is 0.588. The molecule has 3 N–H and O–H groups in total. The van der Waals surface area contributed by atoms with E-state index >= 15 is 0 Å². The van der Waals surface area contributed by atoms with Gasteiger partial charge in [-0.3, -0.25) is 4.90 Å². The third-order valence-electron chi connectivity index (χ3n) is 5.89. The molecule has 1 aromatic rings. The normalized spacial score (nSPS) is 21.1. The van der Waals surface area contributed by atoms with E-state index in [4.69, 9.17) is 4.74 Å². The summed E-state index contributed by atoms with van der Waals surface area (Å²) in [5.41, 5.74) is -0.786. The molecule has 0 radical (unpaired) electrons. The van der Waals surface area contributed by atoms with Crippen molar-refractivity contribution in [3.63, 3.8) is 0 Å². The lowest BCUT2D eigenvalue weighted by atomic mass is 9.96. The maximum Gasteiger partial charge on any atom is 0.240 e. The average molecular weight is 426 g/mol. The highest BCUT2D eigenvalue weighted by Gasteiger charge is 2.32. The Morgan fingerprint density at radius 2 is 1.79 bits per heavy atom. The molecule has 1 saturated heterocycles. The highest BCUT2D eigenvalue weighted by atomic mass is 32.2. The number of nitrogens with one attached hydrogen (secondary N) is 2. The second-order valence-corrected chi connectivity index (χ2v) is 10.4. The van der Waals surface area contributed by atoms with E-state index in [1.807, 2.05) is 13.8 Å². The molecule has 1 aromatic carbocycles. The molecule has 0 spiro atoms. The van der Waals surface area contributed by atoms with Crippen LogP contribution in [0.15, 0.2) is 29.2 Å². The summed E-state index contributed by atoms with van der Waals surface area (Å²) in [7, 11) is -3.52. The predicted octanol–water partition coefficient (Wildman–Crippen LogP) is 1.72. The molecule has 2 aliphatic rings. The van der Waals surface area contributed by atoms with Crippen LogP contribution < -0.4 is 14.8 Å². The van der Waals surface area contributed by atoms with Gasteiger partial charge in [0.25, 0.3) is 0 Å². The SMILES string of the molecule is CC(C)(Oc1ccc(S(=O)(=O)NC2CCCCC2)cc1)C(O)CN1CCNCC1. The zero-order valence-corrected chi connectivity index (χ0v) is 18.4. The van der Waals surface area contributed by atoms with Crippen LogP contribution in [-0.2, 0) is 10.0 Å². The summed E-state index contributed by atoms with van der Waals surface area (Å²) in [6, 6.07) is 6.49. The van der Waals surface area contributed by atoms with Crippen LogP contribution in [0.4, 0.5) is 0 Å². The van der Waals surface area contributed by atoms with E-state index < -0.39 is 21.7 Å². The molecule has 7 nitrogen and oxygen atoms in total. The summed E-state index contributed by atoms with van der Waals surface area (Å²) >= 11 is 0. The van der Waals surface area contributed by atoms with Crippen LogP contribution in [0.1, 0.15) is 46.0 Å². The molecule has 8 heteroatoms. The third kappa shape index (κ3) is 6.39. The Hall–Kier alpha value is -1.19. The number of ether oxygens (including phenoxy) is 1. The fourth-order valence-corrected chi connectivity index (χ4v) is 5.23. The second-order valence-electron chi connectivity index (χ2n) is 8.70. The van der Waals surface area contributed by atoms with Gasteiger partial charge in [-0.15, -0.1) is 0 Å². The van der Waals surface area contributed by atoms with Gasteiger partial charge in [0.2, 0.25) is 10.0 Å². The number of aliphatic hydroxyl groups excluding tert-OH is 1. The van der Waals surface area contributed by atoms with Gasteiger partial charge < -0.3 is 15.2 Å². The average Bonchev–Trinajstić information content (AvgIpc) is 2.69. The fraction of sp³-hybridized carbons (Fsp3) is 0.714. The van der Waals surface area contributed by atoms with E-state index in [1.54, 1.807) is 24.3 Å². The van der Waals surface area contributed by atoms with Crippen molar-refractivity contribution in [2.45, 2.75) is 68.6 Å². The summed E-state index contributed by atoms with van der Waals surface area (Å²) in [6.45, 7) is 7.94. The van der Waals surface area contributed by atoms with Crippen LogP contribution in [0.25, 0.3) is 0 Å². The zero-order chi connectivity index (χ0) is 20.9. The standard InChI is InChI=1S/C21H35N3O4S/c1-21(2,20(25)16-24-14-12-22-13-15-24)28-18-8-10-19(11-9-18)29(26,27)23-17-6-4-3-5-7-17/h8-11,17,20,22-23,25H,3-7,12-16H2,1-2H3. The van der Waals surface area contributed by atoms with Crippen LogP contribution in [0.3, 0.4) is 0 Å². The van der Waals surface area contributed by atoms with Crippen LogP contribution in [0.2, 0.25) is 0 Å². The molecule has 3 rings (SSSR count). The Morgan fingerprint density at radius 1 is 1.17 bits per heavy atom. The first-order valence-electron chi connectivity index (χ1n) is 10.7. The Balaban J connectivity index is 1.58. The molecular formula is C21H35N3O4S. The number of aliphatic hydroxyl groups is 1. The highest BCUT2D eigenvalue weighted by Crippen LogP contribution is 2.25. The number of piperazine rings is 1. The monoisotopic (exact) mass is 425 g/mol. The minimum Gasteiger partial charge on any atom is -0.485 e. The van der Waals surface area contributed by atoms with E-state index in [9.17, 15) is 13.5 Å². The maximum atomic E-state index is 12.6. The first kappa shape index (κ1) is 22.5. The Labute approximate surface area is 174 Å². The van der Waals surface area contributed by atoms with Crippen molar-refractivity contribution in [1.29, 1.82) is 0 Å². The Bertz CT molecular complexity index is 740. The minimum absolute atomic E-state index is 0.0312. The summed E-state index contributed by atoms with van der Waals surface area (Å²) in [5.74, 6) is 0.547. The van der Waals surface area contributed by atoms with Gasteiger partial charge in [-0.2, -0.15) is 0 Å². The molecule has 29 heavy (non-hydrogen) atoms. The number of hydrogen-bond acceptors (Lipinski definition) is 6. The number of β-amino-alcohol motifs (C(OH)–C–C–N with tert-alkyl or cyclic N) is 1. The van der Waals surface area contributed by atoms with Crippen molar-refractivity contribution in [3.8, 4) is 5.75 Å². The lowest BCUT2D eigenvalue weighted by Crippen LogP contribution is -2.52. The van der Waals surface area contributed by atoms with E-state index in [-0.39, 0.29) is 10.9 Å². The molecule has 1 aliphatic carbocycles. The molecule has 1 saturated carbocycles. The van der Waals surface area contributed by atoms with Gasteiger partial charge in [-0.1, -0.05) is 19.3 Å². The van der Waals surface area contributed by atoms with Crippen LogP contribution in [0, 0.1) is 0 Å². The van der Waals surface area contributed by atoms with Crippen molar-refractivity contribution in [2.75, 3.05) is 32.7 Å². The van der Waals surface area contributed by atoms with Gasteiger partial charge in [-0.25, -0.2) is 13.1 Å². The van der Waals surface area contributed by atoms with Gasteiger partial charge in [0.15, 0.2) is 0 Å². The number of nitrogens with zero attached hydrogens (tertiary/aromatic N) is 1. The predicted molar refractivity (Wildman–Crippen MR) is 114 cm³/mol. The lowest BCUT2D eigenvalue weighted by molar-refractivity contribution is -0.0456. The zero-order valence-electron chi connectivity index (χ0n) is 17.6.